The summed E-state index contributed by atoms with van der Waals surface area (Å²) in [6, 6.07) is 17.1. The molecule has 6 rings (SSSR count). The van der Waals surface area contributed by atoms with Gasteiger partial charge >= 0.3 is 5.91 Å². The summed E-state index contributed by atoms with van der Waals surface area (Å²) in [6.45, 7) is 7.15. The van der Waals surface area contributed by atoms with Crippen LogP contribution in [0.1, 0.15) is 43.5 Å². The Kier molecular flexibility index (Phi) is 6.12. The van der Waals surface area contributed by atoms with Crippen LogP contribution < -0.4 is 14.4 Å². The number of anilines is 1. The van der Waals surface area contributed by atoms with E-state index < -0.39 is 17.7 Å². The number of benzene rings is 3. The molecule has 4 aromatic rings. The lowest BCUT2D eigenvalue weighted by Gasteiger charge is -2.25. The molecule has 0 spiro atoms. The summed E-state index contributed by atoms with van der Waals surface area (Å²) in [5, 5.41) is 12.4. The van der Waals surface area contributed by atoms with Gasteiger partial charge in [-0.25, -0.2) is 4.98 Å². The van der Waals surface area contributed by atoms with E-state index in [4.69, 9.17) is 21.1 Å². The lowest BCUT2D eigenvalue weighted by Crippen LogP contribution is -2.29. The zero-order chi connectivity index (χ0) is 27.5. The number of fused-ring (bicyclic) bond motifs is 2. The number of aliphatic hydroxyl groups is 1. The van der Waals surface area contributed by atoms with Crippen LogP contribution in [0.2, 0.25) is 5.02 Å². The van der Waals surface area contributed by atoms with Gasteiger partial charge in [0, 0.05) is 10.6 Å². The van der Waals surface area contributed by atoms with Crippen molar-refractivity contribution in [2.75, 3.05) is 18.1 Å². The fraction of sp³-hybridized carbons (Fsp3) is 0.233. The van der Waals surface area contributed by atoms with E-state index in [1.807, 2.05) is 24.3 Å². The molecule has 2 aliphatic heterocycles. The smallest absolute Gasteiger partial charge is 0.301 e. The van der Waals surface area contributed by atoms with Crippen LogP contribution >= 0.6 is 22.9 Å². The van der Waals surface area contributed by atoms with E-state index in [0.29, 0.717) is 51.5 Å². The van der Waals surface area contributed by atoms with Gasteiger partial charge in [-0.1, -0.05) is 68.0 Å². The number of halogens is 1. The average Bonchev–Trinajstić information content (AvgIpc) is 3.45. The number of nitrogens with zero attached hydrogens (tertiary/aromatic N) is 2. The van der Waals surface area contributed by atoms with Gasteiger partial charge in [0.2, 0.25) is 0 Å². The number of hydrogen-bond donors (Lipinski definition) is 1. The summed E-state index contributed by atoms with van der Waals surface area (Å²) < 4.78 is 12.1. The standard InChI is InChI=1S/C30H25ClN2O5S/c1-30(2,3)18-7-4-16(5-8-18)25-24(26(34)17-6-11-21-22(14-17)38-13-12-37-21)27(35)28(36)33(25)29-32-20-10-9-19(31)15-23(20)39-29/h4-11,14-15,25,34H,12-13H2,1-3H3/t25-/m1/s1. The first kappa shape index (κ1) is 25.4. The lowest BCUT2D eigenvalue weighted by molar-refractivity contribution is -0.132. The van der Waals surface area contributed by atoms with Crippen LogP contribution in [0.15, 0.2) is 66.2 Å². The Morgan fingerprint density at radius 3 is 2.44 bits per heavy atom. The summed E-state index contributed by atoms with van der Waals surface area (Å²) in [7, 11) is 0. The second kappa shape index (κ2) is 9.39. The molecular formula is C30H25ClN2O5S. The molecular weight excluding hydrogens is 536 g/mol. The molecule has 0 radical (unpaired) electrons. The van der Waals surface area contributed by atoms with E-state index >= 15 is 0 Å². The van der Waals surface area contributed by atoms with Crippen molar-refractivity contribution in [3.63, 3.8) is 0 Å². The van der Waals surface area contributed by atoms with E-state index in [0.717, 1.165) is 10.3 Å². The summed E-state index contributed by atoms with van der Waals surface area (Å²) in [6.07, 6.45) is 0. The molecule has 0 bridgehead atoms. The molecule has 1 saturated heterocycles. The number of thiazole rings is 1. The highest BCUT2D eigenvalue weighted by Gasteiger charge is 2.48. The second-order valence-electron chi connectivity index (χ2n) is 10.5. The maximum atomic E-state index is 13.6. The van der Waals surface area contributed by atoms with Crippen LogP contribution in [0.4, 0.5) is 5.13 Å². The molecule has 0 aliphatic carbocycles. The fourth-order valence-electron chi connectivity index (χ4n) is 4.85. The van der Waals surface area contributed by atoms with Crippen LogP contribution in [-0.4, -0.2) is 35.0 Å². The third-order valence-electron chi connectivity index (χ3n) is 6.90. The van der Waals surface area contributed by atoms with E-state index in [1.165, 1.54) is 16.2 Å². The van der Waals surface area contributed by atoms with Crippen LogP contribution in [0.3, 0.4) is 0 Å². The molecule has 2 aliphatic rings. The second-order valence-corrected chi connectivity index (χ2v) is 12.0. The van der Waals surface area contributed by atoms with Gasteiger partial charge in [0.25, 0.3) is 5.78 Å². The lowest BCUT2D eigenvalue weighted by atomic mass is 9.85. The van der Waals surface area contributed by atoms with E-state index in [1.54, 1.807) is 36.4 Å². The monoisotopic (exact) mass is 560 g/mol. The molecule has 0 unspecified atom stereocenters. The van der Waals surface area contributed by atoms with Crippen molar-refractivity contribution in [2.45, 2.75) is 32.2 Å². The molecule has 1 aromatic heterocycles. The normalized spacial score (nSPS) is 18.7. The Balaban J connectivity index is 1.53. The highest BCUT2D eigenvalue weighted by molar-refractivity contribution is 7.22. The largest absolute Gasteiger partial charge is 0.507 e. The number of carbonyl (C=O) groups is 2. The molecule has 1 N–H and O–H groups in total. The van der Waals surface area contributed by atoms with Crippen molar-refractivity contribution in [1.82, 2.24) is 4.98 Å². The van der Waals surface area contributed by atoms with Crippen LogP contribution in [0, 0.1) is 0 Å². The first-order valence-corrected chi connectivity index (χ1v) is 13.7. The molecule has 7 nitrogen and oxygen atoms in total. The SMILES string of the molecule is CC(C)(C)c1ccc([C@@H]2C(=C(O)c3ccc4c(c3)OCCO4)C(=O)C(=O)N2c2nc3ccc(Cl)cc3s2)cc1. The van der Waals surface area contributed by atoms with E-state index in [-0.39, 0.29) is 16.7 Å². The van der Waals surface area contributed by atoms with Crippen molar-refractivity contribution in [3.05, 3.63) is 87.9 Å². The van der Waals surface area contributed by atoms with E-state index in [9.17, 15) is 14.7 Å². The predicted molar refractivity (Wildman–Crippen MR) is 152 cm³/mol. The van der Waals surface area contributed by atoms with E-state index in [2.05, 4.69) is 25.8 Å². The number of hydrogen-bond acceptors (Lipinski definition) is 7. The van der Waals surface area contributed by atoms with Crippen molar-refractivity contribution in [2.24, 2.45) is 0 Å². The maximum absolute atomic E-state index is 13.6. The molecule has 1 amide bonds. The zero-order valence-corrected chi connectivity index (χ0v) is 23.1. The molecule has 9 heteroatoms. The number of aliphatic hydroxyl groups excluding tert-OH is 1. The number of carbonyl (C=O) groups excluding carboxylic acids is 2. The van der Waals surface area contributed by atoms with Gasteiger partial charge in [-0.05, 0) is 52.9 Å². The number of ketones is 1. The summed E-state index contributed by atoms with van der Waals surface area (Å²) in [5.41, 5.74) is 2.69. The quantitative estimate of drug-likeness (QED) is 0.171. The van der Waals surface area contributed by atoms with Crippen molar-refractivity contribution >= 4 is 55.7 Å². The number of Topliss-reactive ketones (excluding diaryl/α,β-unsaturated/α-hetero) is 1. The Labute approximate surface area is 234 Å². The van der Waals surface area contributed by atoms with Crippen molar-refractivity contribution < 1.29 is 24.2 Å². The Morgan fingerprint density at radius 1 is 1.00 bits per heavy atom. The minimum Gasteiger partial charge on any atom is -0.507 e. The fourth-order valence-corrected chi connectivity index (χ4v) is 6.11. The minimum absolute atomic E-state index is 0.0162. The van der Waals surface area contributed by atoms with Gasteiger partial charge in [0.15, 0.2) is 16.6 Å². The molecule has 1 fully saturated rings. The summed E-state index contributed by atoms with van der Waals surface area (Å²) in [4.78, 5) is 33.1. The van der Waals surface area contributed by atoms with Crippen molar-refractivity contribution in [3.8, 4) is 11.5 Å². The topological polar surface area (TPSA) is 89.0 Å². The van der Waals surface area contributed by atoms with Gasteiger partial charge in [-0.2, -0.15) is 0 Å². The van der Waals surface area contributed by atoms with Gasteiger partial charge in [0.05, 0.1) is 21.8 Å². The highest BCUT2D eigenvalue weighted by Crippen LogP contribution is 2.45. The molecule has 0 saturated carbocycles. The van der Waals surface area contributed by atoms with Crippen LogP contribution in [-0.2, 0) is 15.0 Å². The third kappa shape index (κ3) is 4.43. The first-order chi connectivity index (χ1) is 18.6. The molecule has 1 atom stereocenters. The average molecular weight is 561 g/mol. The zero-order valence-electron chi connectivity index (χ0n) is 21.5. The first-order valence-electron chi connectivity index (χ1n) is 12.5. The van der Waals surface area contributed by atoms with Crippen LogP contribution in [0.5, 0.6) is 11.5 Å². The number of ether oxygens (including phenoxy) is 2. The number of aromatic nitrogens is 1. The predicted octanol–water partition coefficient (Wildman–Crippen LogP) is 6.64. The molecule has 39 heavy (non-hydrogen) atoms. The Morgan fingerprint density at radius 2 is 1.72 bits per heavy atom. The van der Waals surface area contributed by atoms with Gasteiger partial charge in [-0.15, -0.1) is 0 Å². The highest BCUT2D eigenvalue weighted by atomic mass is 35.5. The minimum atomic E-state index is -0.886. The van der Waals surface area contributed by atoms with Gasteiger partial charge in [0.1, 0.15) is 19.0 Å². The number of amides is 1. The number of rotatable bonds is 3. The van der Waals surface area contributed by atoms with Gasteiger partial charge in [-0.3, -0.25) is 14.5 Å². The summed E-state index contributed by atoms with van der Waals surface area (Å²) in [5.74, 6) is -0.815. The maximum Gasteiger partial charge on any atom is 0.301 e. The molecule has 3 heterocycles. The summed E-state index contributed by atoms with van der Waals surface area (Å²) >= 11 is 7.45. The van der Waals surface area contributed by atoms with Crippen molar-refractivity contribution in [1.29, 1.82) is 0 Å². The van der Waals surface area contributed by atoms with Gasteiger partial charge < -0.3 is 14.6 Å². The third-order valence-corrected chi connectivity index (χ3v) is 8.15. The van der Waals surface area contributed by atoms with Crippen LogP contribution in [0.25, 0.3) is 16.0 Å². The molecule has 198 valence electrons. The Hall–Kier alpha value is -3.88. The molecule has 3 aromatic carbocycles. The Bertz CT molecular complexity index is 1670.